The molecule has 1 aromatic rings. The van der Waals surface area contributed by atoms with Gasteiger partial charge in [-0.15, -0.1) is 0 Å². The summed E-state index contributed by atoms with van der Waals surface area (Å²) in [7, 11) is -1.63. The molecule has 0 atom stereocenters. The van der Waals surface area contributed by atoms with Crippen LogP contribution in [0.2, 0.25) is 10.0 Å². The second-order valence-corrected chi connectivity index (χ2v) is 4.18. The zero-order valence-electron chi connectivity index (χ0n) is 7.96. The summed E-state index contributed by atoms with van der Waals surface area (Å²) in [6.07, 6.45) is 0. The molecule has 1 aromatic carbocycles. The Morgan fingerprint density at radius 2 is 1.79 bits per heavy atom. The Bertz CT molecular complexity index is 340. The molecule has 1 rings (SSSR count). The van der Waals surface area contributed by atoms with E-state index < -0.39 is 7.12 Å². The quantitative estimate of drug-likeness (QED) is 0.764. The predicted octanol–water partition coefficient (Wildman–Crippen LogP) is 1.80. The van der Waals surface area contributed by atoms with E-state index in [2.05, 4.69) is 0 Å². The van der Waals surface area contributed by atoms with Crippen LogP contribution in [0.15, 0.2) is 12.1 Å². The maximum absolute atomic E-state index is 9.08. The van der Waals surface area contributed by atoms with E-state index in [9.17, 15) is 0 Å². The van der Waals surface area contributed by atoms with E-state index in [4.69, 9.17) is 33.2 Å². The summed E-state index contributed by atoms with van der Waals surface area (Å²) < 4.78 is 0. The van der Waals surface area contributed by atoms with Crippen LogP contribution in [0.25, 0.3) is 0 Å². The summed E-state index contributed by atoms with van der Waals surface area (Å²) in [5.74, 6) is 0.220. The maximum Gasteiger partial charge on any atom is 0.491 e. The van der Waals surface area contributed by atoms with Crippen LogP contribution in [-0.2, 0) is 0 Å². The first-order valence-electron chi connectivity index (χ1n) is 4.29. The van der Waals surface area contributed by atoms with Crippen molar-refractivity contribution >= 4 is 35.8 Å². The van der Waals surface area contributed by atoms with E-state index in [0.29, 0.717) is 5.02 Å². The minimum absolute atomic E-state index is 0.180. The first kappa shape index (κ1) is 11.9. The molecular weight excluding hydrogens is 222 g/mol. The van der Waals surface area contributed by atoms with Crippen molar-refractivity contribution in [2.45, 2.75) is 19.8 Å². The molecule has 76 valence electrons. The fourth-order valence-electron chi connectivity index (χ4n) is 1.27. The average molecular weight is 233 g/mol. The maximum atomic E-state index is 9.08. The molecule has 0 fully saturated rings. The molecule has 0 saturated heterocycles. The molecule has 0 aliphatic heterocycles. The zero-order chi connectivity index (χ0) is 10.9. The van der Waals surface area contributed by atoms with Crippen molar-refractivity contribution < 1.29 is 10.0 Å². The number of halogens is 2. The van der Waals surface area contributed by atoms with Crippen molar-refractivity contribution in [3.05, 3.63) is 27.7 Å². The minimum Gasteiger partial charge on any atom is -0.423 e. The standard InChI is InChI=1S/C9H11BCl2O2/c1-5(2)6-3-4-7(11)8(9(6)12)10(13)14/h3-5,13-14H,1-2H3. The van der Waals surface area contributed by atoms with Crippen LogP contribution < -0.4 is 5.46 Å². The average Bonchev–Trinajstić information content (AvgIpc) is 2.02. The van der Waals surface area contributed by atoms with Gasteiger partial charge in [0, 0.05) is 15.5 Å². The third kappa shape index (κ3) is 2.23. The van der Waals surface area contributed by atoms with Gasteiger partial charge in [0.05, 0.1) is 0 Å². The van der Waals surface area contributed by atoms with Gasteiger partial charge in [-0.1, -0.05) is 43.1 Å². The van der Waals surface area contributed by atoms with Crippen LogP contribution in [0.3, 0.4) is 0 Å². The summed E-state index contributed by atoms with van der Waals surface area (Å²) in [5.41, 5.74) is 1.04. The molecule has 0 bridgehead atoms. The van der Waals surface area contributed by atoms with Gasteiger partial charge in [0.25, 0.3) is 0 Å². The molecule has 0 amide bonds. The van der Waals surface area contributed by atoms with Crippen LogP contribution in [0, 0.1) is 0 Å². The number of rotatable bonds is 2. The lowest BCUT2D eigenvalue weighted by Gasteiger charge is -2.13. The highest BCUT2D eigenvalue weighted by Crippen LogP contribution is 2.25. The van der Waals surface area contributed by atoms with Gasteiger partial charge < -0.3 is 10.0 Å². The van der Waals surface area contributed by atoms with Crippen LogP contribution in [0.4, 0.5) is 0 Å². The van der Waals surface area contributed by atoms with Crippen molar-refractivity contribution in [2.24, 2.45) is 0 Å². The highest BCUT2D eigenvalue weighted by atomic mass is 35.5. The third-order valence-electron chi connectivity index (χ3n) is 2.04. The largest absolute Gasteiger partial charge is 0.491 e. The van der Waals surface area contributed by atoms with Crippen molar-refractivity contribution in [1.29, 1.82) is 0 Å². The van der Waals surface area contributed by atoms with Crippen LogP contribution in [-0.4, -0.2) is 17.2 Å². The Hall–Kier alpha value is -0.215. The van der Waals surface area contributed by atoms with Crippen molar-refractivity contribution in [1.82, 2.24) is 0 Å². The van der Waals surface area contributed by atoms with Crippen molar-refractivity contribution in [3.8, 4) is 0 Å². The normalized spacial score (nSPS) is 10.8. The van der Waals surface area contributed by atoms with E-state index in [0.717, 1.165) is 5.56 Å². The summed E-state index contributed by atoms with van der Waals surface area (Å²) in [6.45, 7) is 3.95. The lowest BCUT2D eigenvalue weighted by atomic mass is 9.78. The predicted molar refractivity (Wildman–Crippen MR) is 60.4 cm³/mol. The van der Waals surface area contributed by atoms with Gasteiger partial charge in [-0.25, -0.2) is 0 Å². The zero-order valence-corrected chi connectivity index (χ0v) is 9.47. The van der Waals surface area contributed by atoms with Crippen LogP contribution in [0.5, 0.6) is 0 Å². The van der Waals surface area contributed by atoms with E-state index >= 15 is 0 Å². The van der Waals surface area contributed by atoms with Crippen LogP contribution >= 0.6 is 23.2 Å². The third-order valence-corrected chi connectivity index (χ3v) is 2.79. The Balaban J connectivity index is 3.34. The van der Waals surface area contributed by atoms with Gasteiger partial charge in [0.1, 0.15) is 0 Å². The molecule has 0 aliphatic carbocycles. The Morgan fingerprint density at radius 1 is 1.21 bits per heavy atom. The van der Waals surface area contributed by atoms with Gasteiger partial charge in [-0.05, 0) is 17.5 Å². The summed E-state index contributed by atoms with van der Waals surface area (Å²) in [4.78, 5) is 0. The van der Waals surface area contributed by atoms with Gasteiger partial charge in [0.2, 0.25) is 0 Å². The lowest BCUT2D eigenvalue weighted by Crippen LogP contribution is -2.32. The summed E-state index contributed by atoms with van der Waals surface area (Å²) >= 11 is 11.8. The summed E-state index contributed by atoms with van der Waals surface area (Å²) in [5, 5.41) is 18.8. The van der Waals surface area contributed by atoms with Crippen molar-refractivity contribution in [2.75, 3.05) is 0 Å². The number of benzene rings is 1. The molecule has 0 spiro atoms. The first-order chi connectivity index (χ1) is 6.45. The van der Waals surface area contributed by atoms with Gasteiger partial charge >= 0.3 is 7.12 Å². The van der Waals surface area contributed by atoms with E-state index in [-0.39, 0.29) is 16.4 Å². The fraction of sp³-hybridized carbons (Fsp3) is 0.333. The molecule has 0 aromatic heterocycles. The summed E-state index contributed by atoms with van der Waals surface area (Å²) in [6, 6.07) is 3.42. The molecule has 0 aliphatic rings. The Morgan fingerprint density at radius 3 is 2.21 bits per heavy atom. The van der Waals surface area contributed by atoms with E-state index in [1.165, 1.54) is 0 Å². The minimum atomic E-state index is -1.63. The van der Waals surface area contributed by atoms with Gasteiger partial charge in [-0.3, -0.25) is 0 Å². The van der Waals surface area contributed by atoms with Crippen molar-refractivity contribution in [3.63, 3.8) is 0 Å². The van der Waals surface area contributed by atoms with E-state index in [1.54, 1.807) is 12.1 Å². The molecular formula is C9H11BCl2O2. The lowest BCUT2D eigenvalue weighted by molar-refractivity contribution is 0.426. The van der Waals surface area contributed by atoms with E-state index in [1.807, 2.05) is 13.8 Å². The molecule has 5 heteroatoms. The van der Waals surface area contributed by atoms with Crippen LogP contribution in [0.1, 0.15) is 25.3 Å². The smallest absolute Gasteiger partial charge is 0.423 e. The highest BCUT2D eigenvalue weighted by molar-refractivity contribution is 6.66. The Kier molecular flexibility index (Phi) is 3.84. The molecule has 0 unspecified atom stereocenters. The van der Waals surface area contributed by atoms with Gasteiger partial charge in [-0.2, -0.15) is 0 Å². The second-order valence-electron chi connectivity index (χ2n) is 3.39. The molecule has 0 radical (unpaired) electrons. The molecule has 2 nitrogen and oxygen atoms in total. The topological polar surface area (TPSA) is 40.5 Å². The fourth-order valence-corrected chi connectivity index (χ4v) is 2.05. The molecule has 2 N–H and O–H groups in total. The second kappa shape index (κ2) is 4.54. The monoisotopic (exact) mass is 232 g/mol. The SMILES string of the molecule is CC(C)c1ccc(Cl)c(B(O)O)c1Cl. The molecule has 0 heterocycles. The molecule has 0 saturated carbocycles. The highest BCUT2D eigenvalue weighted by Gasteiger charge is 2.22. The number of hydrogen-bond acceptors (Lipinski definition) is 2. The molecule has 14 heavy (non-hydrogen) atoms. The first-order valence-corrected chi connectivity index (χ1v) is 5.04. The number of hydrogen-bond donors (Lipinski definition) is 2. The van der Waals surface area contributed by atoms with Gasteiger partial charge in [0.15, 0.2) is 0 Å². The Labute approximate surface area is 93.6 Å².